The number of hydrogen-bond acceptors (Lipinski definition) is 3. The monoisotopic (exact) mass is 254 g/mol. The summed E-state index contributed by atoms with van der Waals surface area (Å²) < 4.78 is 0. The fraction of sp³-hybridized carbons (Fsp3) is 0.273. The van der Waals surface area contributed by atoms with Crippen molar-refractivity contribution in [2.45, 2.75) is 0 Å². The predicted octanol–water partition coefficient (Wildman–Crippen LogP) is 2.51. The molecule has 84 valence electrons. The number of nitrogens with one attached hydrogen (secondary N) is 1. The van der Waals surface area contributed by atoms with Gasteiger partial charge in [0.2, 0.25) is 0 Å². The van der Waals surface area contributed by atoms with Gasteiger partial charge in [0.25, 0.3) is 0 Å². The van der Waals surface area contributed by atoms with Crippen LogP contribution in [0.5, 0.6) is 0 Å². The van der Waals surface area contributed by atoms with Gasteiger partial charge in [-0.2, -0.15) is 0 Å². The lowest BCUT2D eigenvalue weighted by Gasteiger charge is -2.15. The second-order valence-electron chi connectivity index (χ2n) is 3.51. The van der Waals surface area contributed by atoms with Gasteiger partial charge in [-0.15, -0.1) is 0 Å². The number of Topliss-reactive ketones (excluding diaryl/α,β-unsaturated/α-hetero) is 1. The molecule has 5 heteroatoms. The van der Waals surface area contributed by atoms with Gasteiger partial charge in [-0.1, -0.05) is 35.5 Å². The van der Waals surface area contributed by atoms with Crippen LogP contribution in [0.15, 0.2) is 24.3 Å². The van der Waals surface area contributed by atoms with Crippen molar-refractivity contribution in [3.05, 3.63) is 34.9 Å². The van der Waals surface area contributed by atoms with E-state index in [2.05, 4.69) is 0 Å². The molecule has 1 aromatic carbocycles. The topological polar surface area (TPSA) is 44.2 Å². The van der Waals surface area contributed by atoms with E-state index in [1.807, 2.05) is 0 Å². The van der Waals surface area contributed by atoms with Crippen LogP contribution in [0.25, 0.3) is 0 Å². The quantitative estimate of drug-likeness (QED) is 0.843. The van der Waals surface area contributed by atoms with Crippen molar-refractivity contribution in [1.29, 1.82) is 5.41 Å². The first-order chi connectivity index (χ1) is 7.66. The number of thioether (sulfide) groups is 1. The Bertz CT molecular complexity index is 436. The summed E-state index contributed by atoms with van der Waals surface area (Å²) in [4.78, 5) is 13.7. The van der Waals surface area contributed by atoms with Crippen molar-refractivity contribution >= 4 is 34.3 Å². The molecule has 3 nitrogen and oxygen atoms in total. The van der Waals surface area contributed by atoms with E-state index in [4.69, 9.17) is 17.0 Å². The van der Waals surface area contributed by atoms with Gasteiger partial charge in [0.05, 0.1) is 6.54 Å². The van der Waals surface area contributed by atoms with E-state index in [9.17, 15) is 4.79 Å². The maximum atomic E-state index is 11.9. The van der Waals surface area contributed by atoms with Gasteiger partial charge >= 0.3 is 0 Å². The van der Waals surface area contributed by atoms with Crippen molar-refractivity contribution in [2.75, 3.05) is 18.8 Å². The minimum atomic E-state index is 0.00903. The molecule has 1 fully saturated rings. The average molecular weight is 255 g/mol. The number of rotatable bonds is 3. The van der Waals surface area contributed by atoms with Crippen LogP contribution in [-0.2, 0) is 0 Å². The minimum Gasteiger partial charge on any atom is -0.343 e. The normalized spacial score (nSPS) is 15.6. The van der Waals surface area contributed by atoms with E-state index in [0.29, 0.717) is 15.8 Å². The number of nitrogens with zero attached hydrogens (tertiary/aromatic N) is 1. The second kappa shape index (κ2) is 4.89. The number of halogens is 1. The third-order valence-electron chi connectivity index (χ3n) is 2.37. The number of carbonyl (C=O) groups excluding carboxylic acids is 1. The Labute approximate surface area is 103 Å². The number of ketones is 1. The van der Waals surface area contributed by atoms with E-state index in [1.165, 1.54) is 11.8 Å². The molecule has 16 heavy (non-hydrogen) atoms. The molecule has 1 N–H and O–H groups in total. The van der Waals surface area contributed by atoms with E-state index < -0.39 is 0 Å². The van der Waals surface area contributed by atoms with Gasteiger partial charge in [0, 0.05) is 22.9 Å². The molecule has 0 amide bonds. The van der Waals surface area contributed by atoms with Crippen LogP contribution in [0, 0.1) is 5.41 Å². The molecular formula is C11H11ClN2OS. The molecule has 0 aliphatic carbocycles. The van der Waals surface area contributed by atoms with E-state index in [-0.39, 0.29) is 12.3 Å². The molecule has 0 unspecified atom stereocenters. The molecule has 1 heterocycles. The summed E-state index contributed by atoms with van der Waals surface area (Å²) in [5, 5.41) is 8.66. The molecule has 0 spiro atoms. The van der Waals surface area contributed by atoms with Crippen molar-refractivity contribution < 1.29 is 4.79 Å². The SMILES string of the molecule is N=C1SCCN1CC(=O)c1cccc(Cl)c1. The number of hydrogen-bond donors (Lipinski definition) is 1. The molecular weight excluding hydrogens is 244 g/mol. The smallest absolute Gasteiger partial charge is 0.182 e. The van der Waals surface area contributed by atoms with Crippen LogP contribution in [0.1, 0.15) is 10.4 Å². The molecule has 2 rings (SSSR count). The van der Waals surface area contributed by atoms with Crippen molar-refractivity contribution in [2.24, 2.45) is 0 Å². The fourth-order valence-corrected chi connectivity index (χ4v) is 2.56. The van der Waals surface area contributed by atoms with E-state index in [1.54, 1.807) is 29.2 Å². The van der Waals surface area contributed by atoms with Gasteiger partial charge in [0.15, 0.2) is 11.0 Å². The Morgan fingerprint density at radius 1 is 1.56 bits per heavy atom. The summed E-state index contributed by atoms with van der Waals surface area (Å²) in [7, 11) is 0. The fourth-order valence-electron chi connectivity index (χ4n) is 1.52. The Hall–Kier alpha value is -1.00. The Kier molecular flexibility index (Phi) is 3.51. The first kappa shape index (κ1) is 11.5. The third kappa shape index (κ3) is 2.57. The molecule has 0 aromatic heterocycles. The van der Waals surface area contributed by atoms with Crippen LogP contribution in [-0.4, -0.2) is 34.7 Å². The number of amidine groups is 1. The predicted molar refractivity (Wildman–Crippen MR) is 67.5 cm³/mol. The molecule has 1 aromatic rings. The zero-order chi connectivity index (χ0) is 11.5. The van der Waals surface area contributed by atoms with Gasteiger partial charge in [0.1, 0.15) is 0 Å². The molecule has 0 bridgehead atoms. The summed E-state index contributed by atoms with van der Waals surface area (Å²) in [5.74, 6) is 0.900. The second-order valence-corrected chi connectivity index (χ2v) is 5.03. The highest BCUT2D eigenvalue weighted by Crippen LogP contribution is 2.17. The van der Waals surface area contributed by atoms with Gasteiger partial charge in [-0.05, 0) is 12.1 Å². The minimum absolute atomic E-state index is 0.00903. The van der Waals surface area contributed by atoms with E-state index >= 15 is 0 Å². The van der Waals surface area contributed by atoms with E-state index in [0.717, 1.165) is 12.3 Å². The van der Waals surface area contributed by atoms with Crippen molar-refractivity contribution in [3.63, 3.8) is 0 Å². The zero-order valence-corrected chi connectivity index (χ0v) is 10.1. The lowest BCUT2D eigenvalue weighted by molar-refractivity contribution is 0.0966. The van der Waals surface area contributed by atoms with Crippen LogP contribution in [0.3, 0.4) is 0 Å². The highest BCUT2D eigenvalue weighted by molar-refractivity contribution is 8.14. The molecule has 0 saturated carbocycles. The third-order valence-corrected chi connectivity index (χ3v) is 3.52. The summed E-state index contributed by atoms with van der Waals surface area (Å²) >= 11 is 7.30. The van der Waals surface area contributed by atoms with Gasteiger partial charge < -0.3 is 4.90 Å². The number of benzene rings is 1. The summed E-state index contributed by atoms with van der Waals surface area (Å²) in [6.07, 6.45) is 0. The average Bonchev–Trinajstić information content (AvgIpc) is 2.64. The maximum Gasteiger partial charge on any atom is 0.182 e. The Balaban J connectivity index is 2.05. The first-order valence-corrected chi connectivity index (χ1v) is 6.28. The lowest BCUT2D eigenvalue weighted by atomic mass is 10.1. The van der Waals surface area contributed by atoms with Crippen LogP contribution in [0.4, 0.5) is 0 Å². The van der Waals surface area contributed by atoms with Gasteiger partial charge in [-0.3, -0.25) is 10.2 Å². The van der Waals surface area contributed by atoms with Crippen molar-refractivity contribution in [1.82, 2.24) is 4.90 Å². The molecule has 0 radical (unpaired) electrons. The molecule has 1 aliphatic heterocycles. The Morgan fingerprint density at radius 3 is 3.00 bits per heavy atom. The zero-order valence-electron chi connectivity index (χ0n) is 8.57. The molecule has 1 aliphatic rings. The summed E-state index contributed by atoms with van der Waals surface area (Å²) in [5.41, 5.74) is 0.609. The lowest BCUT2D eigenvalue weighted by Crippen LogP contribution is -2.30. The summed E-state index contributed by atoms with van der Waals surface area (Å²) in [6, 6.07) is 6.92. The largest absolute Gasteiger partial charge is 0.343 e. The van der Waals surface area contributed by atoms with Gasteiger partial charge in [-0.25, -0.2) is 0 Å². The van der Waals surface area contributed by atoms with Crippen molar-refractivity contribution in [3.8, 4) is 0 Å². The molecule has 0 atom stereocenters. The molecule has 1 saturated heterocycles. The van der Waals surface area contributed by atoms with Crippen LogP contribution >= 0.6 is 23.4 Å². The maximum absolute atomic E-state index is 11.9. The Morgan fingerprint density at radius 2 is 2.38 bits per heavy atom. The van der Waals surface area contributed by atoms with Crippen LogP contribution < -0.4 is 0 Å². The number of carbonyl (C=O) groups is 1. The highest BCUT2D eigenvalue weighted by atomic mass is 35.5. The highest BCUT2D eigenvalue weighted by Gasteiger charge is 2.20. The summed E-state index contributed by atoms with van der Waals surface area (Å²) in [6.45, 7) is 1.04. The first-order valence-electron chi connectivity index (χ1n) is 4.92. The standard InChI is InChI=1S/C11H11ClN2OS/c12-9-3-1-2-8(6-9)10(15)7-14-4-5-16-11(14)13/h1-3,6,13H,4-5,7H2. The van der Waals surface area contributed by atoms with Crippen LogP contribution in [0.2, 0.25) is 5.02 Å².